The number of urea groups is 1. The van der Waals surface area contributed by atoms with Crippen LogP contribution >= 0.6 is 0 Å². The number of aryl methyl sites for hydroxylation is 2. The SMILES string of the molecule is CCN(CC(=O)O)C1CC(NC(=O)Nc2ccc3c4c(cccc24)CC3)C1. The van der Waals surface area contributed by atoms with E-state index in [1.165, 1.54) is 16.5 Å². The van der Waals surface area contributed by atoms with Gasteiger partial charge in [0.25, 0.3) is 0 Å². The summed E-state index contributed by atoms with van der Waals surface area (Å²) in [6.07, 6.45) is 3.71. The van der Waals surface area contributed by atoms with Crippen molar-refractivity contribution in [3.8, 4) is 0 Å². The van der Waals surface area contributed by atoms with E-state index in [1.54, 1.807) is 0 Å². The van der Waals surface area contributed by atoms with Crippen LogP contribution in [0.25, 0.3) is 10.8 Å². The number of likely N-dealkylation sites (N-methyl/N-ethyl adjacent to an activating group) is 1. The van der Waals surface area contributed by atoms with Gasteiger partial charge < -0.3 is 15.7 Å². The quantitative estimate of drug-likeness (QED) is 0.733. The fourth-order valence-electron chi connectivity index (χ4n) is 4.38. The van der Waals surface area contributed by atoms with E-state index in [0.717, 1.165) is 36.8 Å². The third-order valence-electron chi connectivity index (χ3n) is 5.83. The van der Waals surface area contributed by atoms with Crippen LogP contribution in [0.5, 0.6) is 0 Å². The van der Waals surface area contributed by atoms with Crippen LogP contribution in [0.15, 0.2) is 30.3 Å². The second kappa shape index (κ2) is 7.19. The van der Waals surface area contributed by atoms with E-state index < -0.39 is 5.97 Å². The summed E-state index contributed by atoms with van der Waals surface area (Å²) in [7, 11) is 0. The molecule has 2 aromatic carbocycles. The molecule has 0 radical (unpaired) electrons. The molecular formula is C21H25N3O3. The van der Waals surface area contributed by atoms with E-state index in [0.29, 0.717) is 6.54 Å². The Hall–Kier alpha value is -2.60. The summed E-state index contributed by atoms with van der Waals surface area (Å²) < 4.78 is 0. The lowest BCUT2D eigenvalue weighted by molar-refractivity contribution is -0.139. The molecule has 6 heteroatoms. The lowest BCUT2D eigenvalue weighted by atomic mass is 9.85. The Morgan fingerprint density at radius 2 is 1.89 bits per heavy atom. The second-order valence-corrected chi connectivity index (χ2v) is 7.49. The van der Waals surface area contributed by atoms with Gasteiger partial charge in [-0.05, 0) is 54.8 Å². The average molecular weight is 367 g/mol. The number of rotatable bonds is 6. The molecule has 1 saturated carbocycles. The first kappa shape index (κ1) is 17.8. The first-order valence-corrected chi connectivity index (χ1v) is 9.62. The van der Waals surface area contributed by atoms with Crippen molar-refractivity contribution < 1.29 is 14.7 Å². The Balaban J connectivity index is 1.36. The van der Waals surface area contributed by atoms with Crippen molar-refractivity contribution in [3.63, 3.8) is 0 Å². The maximum atomic E-state index is 12.4. The summed E-state index contributed by atoms with van der Waals surface area (Å²) in [6.45, 7) is 2.73. The minimum atomic E-state index is -0.807. The minimum absolute atomic E-state index is 0.0563. The van der Waals surface area contributed by atoms with Gasteiger partial charge in [-0.15, -0.1) is 0 Å². The van der Waals surface area contributed by atoms with Crippen LogP contribution in [0.3, 0.4) is 0 Å². The maximum absolute atomic E-state index is 12.4. The lowest BCUT2D eigenvalue weighted by Gasteiger charge is -2.42. The number of aliphatic carboxylic acids is 1. The number of hydrogen-bond acceptors (Lipinski definition) is 3. The zero-order chi connectivity index (χ0) is 19.0. The molecule has 0 unspecified atom stereocenters. The summed E-state index contributed by atoms with van der Waals surface area (Å²) in [5, 5.41) is 17.4. The molecule has 0 spiro atoms. The minimum Gasteiger partial charge on any atom is -0.480 e. The molecule has 2 aromatic rings. The number of carboxylic acid groups (broad SMARTS) is 1. The van der Waals surface area contributed by atoms with E-state index in [4.69, 9.17) is 5.11 Å². The summed E-state index contributed by atoms with van der Waals surface area (Å²) in [5.74, 6) is -0.807. The highest BCUT2D eigenvalue weighted by molar-refractivity contribution is 6.04. The van der Waals surface area contributed by atoms with E-state index in [9.17, 15) is 9.59 Å². The van der Waals surface area contributed by atoms with Crippen LogP contribution < -0.4 is 10.6 Å². The van der Waals surface area contributed by atoms with E-state index in [2.05, 4.69) is 28.8 Å². The molecule has 0 atom stereocenters. The van der Waals surface area contributed by atoms with Crippen molar-refractivity contribution in [3.05, 3.63) is 41.5 Å². The molecule has 27 heavy (non-hydrogen) atoms. The molecule has 6 nitrogen and oxygen atoms in total. The van der Waals surface area contributed by atoms with Crippen LogP contribution in [-0.4, -0.2) is 47.2 Å². The molecule has 3 N–H and O–H groups in total. The average Bonchev–Trinajstić information content (AvgIpc) is 3.03. The molecule has 0 heterocycles. The molecule has 2 aliphatic rings. The molecule has 2 amide bonds. The molecule has 0 aromatic heterocycles. The van der Waals surface area contributed by atoms with Gasteiger partial charge in [-0.2, -0.15) is 0 Å². The first-order valence-electron chi connectivity index (χ1n) is 9.62. The van der Waals surface area contributed by atoms with Gasteiger partial charge in [0.15, 0.2) is 0 Å². The number of hydrogen-bond donors (Lipinski definition) is 3. The van der Waals surface area contributed by atoms with Crippen LogP contribution in [0, 0.1) is 0 Å². The third-order valence-corrected chi connectivity index (χ3v) is 5.83. The molecule has 4 rings (SSSR count). The summed E-state index contributed by atoms with van der Waals surface area (Å²) >= 11 is 0. The van der Waals surface area contributed by atoms with Crippen molar-refractivity contribution in [1.82, 2.24) is 10.2 Å². The van der Waals surface area contributed by atoms with Crippen molar-refractivity contribution in [1.29, 1.82) is 0 Å². The van der Waals surface area contributed by atoms with E-state index in [1.807, 2.05) is 24.0 Å². The van der Waals surface area contributed by atoms with Crippen LogP contribution in [-0.2, 0) is 17.6 Å². The number of carbonyl (C=O) groups is 2. The van der Waals surface area contributed by atoms with Gasteiger partial charge in [0.1, 0.15) is 0 Å². The largest absolute Gasteiger partial charge is 0.480 e. The highest BCUT2D eigenvalue weighted by Gasteiger charge is 2.34. The van der Waals surface area contributed by atoms with Crippen molar-refractivity contribution in [2.24, 2.45) is 0 Å². The summed E-state index contributed by atoms with van der Waals surface area (Å²) in [6, 6.07) is 10.5. The number of benzene rings is 2. The number of carbonyl (C=O) groups excluding carboxylic acids is 1. The lowest BCUT2D eigenvalue weighted by Crippen LogP contribution is -2.55. The molecule has 0 saturated heterocycles. The molecule has 1 fully saturated rings. The Kier molecular flexibility index (Phi) is 4.74. The Labute approximate surface area is 158 Å². The Bertz CT molecular complexity index is 879. The summed E-state index contributed by atoms with van der Waals surface area (Å²) in [4.78, 5) is 25.3. The predicted octanol–water partition coefficient (Wildman–Crippen LogP) is 3.00. The van der Waals surface area contributed by atoms with Gasteiger partial charge in [-0.1, -0.05) is 31.2 Å². The van der Waals surface area contributed by atoms with Crippen LogP contribution in [0.1, 0.15) is 30.9 Å². The number of nitrogens with one attached hydrogen (secondary N) is 2. The summed E-state index contributed by atoms with van der Waals surface area (Å²) in [5.41, 5.74) is 3.55. The number of carboxylic acids is 1. The van der Waals surface area contributed by atoms with Crippen LogP contribution in [0.4, 0.5) is 10.5 Å². The highest BCUT2D eigenvalue weighted by Crippen LogP contribution is 2.35. The van der Waals surface area contributed by atoms with Gasteiger partial charge in [0.05, 0.1) is 12.2 Å². The van der Waals surface area contributed by atoms with Crippen molar-refractivity contribution in [2.75, 3.05) is 18.4 Å². The normalized spacial score (nSPS) is 20.5. The van der Waals surface area contributed by atoms with Gasteiger partial charge in [0.2, 0.25) is 0 Å². The van der Waals surface area contributed by atoms with Gasteiger partial charge in [0, 0.05) is 17.5 Å². The zero-order valence-corrected chi connectivity index (χ0v) is 15.5. The van der Waals surface area contributed by atoms with E-state index >= 15 is 0 Å². The number of nitrogens with zero attached hydrogens (tertiary/aromatic N) is 1. The first-order chi connectivity index (χ1) is 13.0. The highest BCUT2D eigenvalue weighted by atomic mass is 16.4. The number of amides is 2. The fraction of sp³-hybridized carbons (Fsp3) is 0.429. The Morgan fingerprint density at radius 1 is 1.15 bits per heavy atom. The van der Waals surface area contributed by atoms with Crippen molar-refractivity contribution >= 4 is 28.5 Å². The monoisotopic (exact) mass is 367 g/mol. The fourth-order valence-corrected chi connectivity index (χ4v) is 4.38. The molecule has 0 bridgehead atoms. The molecular weight excluding hydrogens is 342 g/mol. The van der Waals surface area contributed by atoms with Gasteiger partial charge >= 0.3 is 12.0 Å². The van der Waals surface area contributed by atoms with E-state index in [-0.39, 0.29) is 24.7 Å². The van der Waals surface area contributed by atoms with Gasteiger partial charge in [-0.3, -0.25) is 9.69 Å². The van der Waals surface area contributed by atoms with Crippen molar-refractivity contribution in [2.45, 2.75) is 44.7 Å². The molecule has 2 aliphatic carbocycles. The molecule has 0 aliphatic heterocycles. The third kappa shape index (κ3) is 3.49. The van der Waals surface area contributed by atoms with Gasteiger partial charge in [-0.25, -0.2) is 4.79 Å². The maximum Gasteiger partial charge on any atom is 0.319 e. The smallest absolute Gasteiger partial charge is 0.319 e. The zero-order valence-electron chi connectivity index (χ0n) is 15.5. The Morgan fingerprint density at radius 3 is 2.59 bits per heavy atom. The standard InChI is InChI=1S/C21H25N3O3/c1-2-24(12-19(25)26)16-10-15(11-16)22-21(27)23-18-9-8-14-7-6-13-4-3-5-17(18)20(13)14/h3-5,8-9,15-16H,2,6-7,10-12H2,1H3,(H,25,26)(H2,22,23,27). The predicted molar refractivity (Wildman–Crippen MR) is 105 cm³/mol. The molecule has 142 valence electrons. The topological polar surface area (TPSA) is 81.7 Å². The number of anilines is 1. The van der Waals surface area contributed by atoms with Crippen LogP contribution in [0.2, 0.25) is 0 Å². The second-order valence-electron chi connectivity index (χ2n) is 7.49.